The third-order valence-electron chi connectivity index (χ3n) is 6.97. The highest BCUT2D eigenvalue weighted by molar-refractivity contribution is 5.95. The Morgan fingerprint density at radius 2 is 1.82 bits per heavy atom. The molecule has 12 heteroatoms. The molecule has 0 saturated carbocycles. The second-order valence-corrected chi connectivity index (χ2v) is 9.49. The minimum absolute atomic E-state index is 0.322. The molecule has 2 aliphatic rings. The largest absolute Gasteiger partial charge is 0.494 e. The molecule has 0 aromatic heterocycles. The lowest BCUT2D eigenvalue weighted by molar-refractivity contribution is -0.137. The molecule has 0 aliphatic carbocycles. The van der Waals surface area contributed by atoms with Gasteiger partial charge in [0, 0.05) is 38.6 Å². The summed E-state index contributed by atoms with van der Waals surface area (Å²) in [7, 11) is 1.55. The van der Waals surface area contributed by atoms with Gasteiger partial charge in [0.1, 0.15) is 35.2 Å². The van der Waals surface area contributed by atoms with Crippen molar-refractivity contribution < 1.29 is 41.7 Å². The number of anilines is 2. The van der Waals surface area contributed by atoms with Gasteiger partial charge < -0.3 is 24.2 Å². The fourth-order valence-corrected chi connectivity index (χ4v) is 5.00. The SMILES string of the molecule is CCOc1ccc(F)c(N2CCC(Oc3ccc(N4N=C(C(F)(F)F)[C@@H](C)[C@@H]4CC(=O)O)cc3)C(OC)C2)c1. The lowest BCUT2D eigenvalue weighted by Gasteiger charge is -2.39. The van der Waals surface area contributed by atoms with Gasteiger partial charge in [0.15, 0.2) is 0 Å². The highest BCUT2D eigenvalue weighted by Gasteiger charge is 2.48. The quantitative estimate of drug-likeness (QED) is 0.432. The van der Waals surface area contributed by atoms with Crippen LogP contribution in [0.15, 0.2) is 47.6 Å². The second-order valence-electron chi connectivity index (χ2n) is 9.49. The number of piperidine rings is 1. The van der Waals surface area contributed by atoms with Gasteiger partial charge in [0.2, 0.25) is 0 Å². The third-order valence-corrected chi connectivity index (χ3v) is 6.97. The summed E-state index contributed by atoms with van der Waals surface area (Å²) < 4.78 is 72.2. The number of halogens is 4. The average molecular weight is 554 g/mol. The van der Waals surface area contributed by atoms with Gasteiger partial charge in [-0.05, 0) is 43.3 Å². The monoisotopic (exact) mass is 553 g/mol. The Labute approximate surface area is 223 Å². The van der Waals surface area contributed by atoms with Crippen molar-refractivity contribution in [2.45, 2.75) is 51.1 Å². The van der Waals surface area contributed by atoms with E-state index in [1.54, 1.807) is 43.5 Å². The summed E-state index contributed by atoms with van der Waals surface area (Å²) in [5, 5.41) is 14.1. The molecule has 212 valence electrons. The van der Waals surface area contributed by atoms with E-state index < -0.39 is 36.2 Å². The smallest absolute Gasteiger partial charge is 0.431 e. The van der Waals surface area contributed by atoms with Gasteiger partial charge in [0.25, 0.3) is 0 Å². The molecule has 0 amide bonds. The number of carboxylic acid groups (broad SMARTS) is 1. The van der Waals surface area contributed by atoms with Crippen LogP contribution in [-0.4, -0.2) is 68.0 Å². The van der Waals surface area contributed by atoms with Crippen LogP contribution in [0.2, 0.25) is 0 Å². The maximum atomic E-state index is 14.6. The number of nitrogens with zero attached hydrogens (tertiary/aromatic N) is 3. The number of ether oxygens (including phenoxy) is 3. The van der Waals surface area contributed by atoms with Crippen molar-refractivity contribution in [3.05, 3.63) is 48.3 Å². The van der Waals surface area contributed by atoms with Gasteiger partial charge >= 0.3 is 12.1 Å². The first kappa shape index (κ1) is 28.5. The highest BCUT2D eigenvalue weighted by Crippen LogP contribution is 2.37. The zero-order valence-corrected chi connectivity index (χ0v) is 21.8. The molecule has 2 aromatic carbocycles. The zero-order valence-electron chi connectivity index (χ0n) is 21.8. The van der Waals surface area contributed by atoms with E-state index in [1.807, 2.05) is 11.8 Å². The lowest BCUT2D eigenvalue weighted by atomic mass is 9.94. The van der Waals surface area contributed by atoms with Crippen molar-refractivity contribution >= 4 is 23.1 Å². The Morgan fingerprint density at radius 3 is 2.44 bits per heavy atom. The average Bonchev–Trinajstić information content (AvgIpc) is 3.22. The first-order valence-electron chi connectivity index (χ1n) is 12.6. The van der Waals surface area contributed by atoms with Crippen LogP contribution >= 0.6 is 0 Å². The summed E-state index contributed by atoms with van der Waals surface area (Å²) in [6.07, 6.45) is -5.36. The Morgan fingerprint density at radius 1 is 1.13 bits per heavy atom. The van der Waals surface area contributed by atoms with Crippen LogP contribution in [0.1, 0.15) is 26.7 Å². The summed E-state index contributed by atoms with van der Waals surface area (Å²) in [5.41, 5.74) is -0.269. The van der Waals surface area contributed by atoms with Gasteiger partial charge in [-0.2, -0.15) is 18.3 Å². The second kappa shape index (κ2) is 11.7. The van der Waals surface area contributed by atoms with E-state index in [4.69, 9.17) is 14.2 Å². The first-order valence-corrected chi connectivity index (χ1v) is 12.6. The van der Waals surface area contributed by atoms with E-state index in [-0.39, 0.29) is 18.0 Å². The van der Waals surface area contributed by atoms with Crippen molar-refractivity contribution in [1.29, 1.82) is 0 Å². The topological polar surface area (TPSA) is 83.8 Å². The van der Waals surface area contributed by atoms with Crippen LogP contribution in [0.4, 0.5) is 28.9 Å². The van der Waals surface area contributed by atoms with Gasteiger partial charge in [-0.25, -0.2) is 4.39 Å². The van der Waals surface area contributed by atoms with Crippen molar-refractivity contribution in [3.63, 3.8) is 0 Å². The maximum Gasteiger partial charge on any atom is 0.431 e. The third kappa shape index (κ3) is 6.38. The van der Waals surface area contributed by atoms with Crippen LogP contribution in [0.5, 0.6) is 11.5 Å². The summed E-state index contributed by atoms with van der Waals surface area (Å²) in [6, 6.07) is 9.93. The molecular formula is C27H31F4N3O5. The van der Waals surface area contributed by atoms with E-state index in [0.29, 0.717) is 49.0 Å². The highest BCUT2D eigenvalue weighted by atomic mass is 19.4. The van der Waals surface area contributed by atoms with Crippen molar-refractivity contribution in [2.24, 2.45) is 11.0 Å². The van der Waals surface area contributed by atoms with Crippen LogP contribution in [0.3, 0.4) is 0 Å². The number of alkyl halides is 3. The zero-order chi connectivity index (χ0) is 28.3. The maximum absolute atomic E-state index is 14.6. The Kier molecular flexibility index (Phi) is 8.53. The number of benzene rings is 2. The summed E-state index contributed by atoms with van der Waals surface area (Å²) in [6.45, 7) is 4.53. The molecule has 1 saturated heterocycles. The molecular weight excluding hydrogens is 522 g/mol. The molecule has 0 spiro atoms. The molecule has 0 bridgehead atoms. The van der Waals surface area contributed by atoms with Crippen LogP contribution in [0.25, 0.3) is 0 Å². The number of hydrogen-bond donors (Lipinski definition) is 1. The normalized spacial score (nSPS) is 23.5. The molecule has 2 unspecified atom stereocenters. The Hall–Kier alpha value is -3.54. The molecule has 2 aromatic rings. The first-order chi connectivity index (χ1) is 18.5. The van der Waals surface area contributed by atoms with E-state index in [0.717, 1.165) is 5.01 Å². The van der Waals surface area contributed by atoms with Crippen molar-refractivity contribution in [1.82, 2.24) is 0 Å². The number of carbonyl (C=O) groups is 1. The fraction of sp³-hybridized carbons (Fsp3) is 0.481. The summed E-state index contributed by atoms with van der Waals surface area (Å²) in [4.78, 5) is 13.2. The van der Waals surface area contributed by atoms with E-state index >= 15 is 0 Å². The van der Waals surface area contributed by atoms with E-state index in [9.17, 15) is 27.5 Å². The fourth-order valence-electron chi connectivity index (χ4n) is 5.00. The number of methoxy groups -OCH3 is 1. The standard InChI is InChI=1S/C27H31F4N3O5/c1-4-38-19-9-10-20(28)22(13-19)33-12-11-23(24(15-33)37-3)39-18-7-5-17(6-8-18)34-21(14-25(35)36)16(2)26(32-34)27(29,30)31/h5-10,13,16,21,23-24H,4,11-12,14-15H2,1-3H3,(H,35,36)/t16-,21-,23?,24?/m0/s1. The van der Waals surface area contributed by atoms with Gasteiger partial charge in [0.05, 0.1) is 30.4 Å². The Bertz CT molecular complexity index is 1190. The number of hydrazone groups is 1. The van der Waals surface area contributed by atoms with E-state index in [2.05, 4.69) is 5.10 Å². The van der Waals surface area contributed by atoms with Crippen molar-refractivity contribution in [3.8, 4) is 11.5 Å². The number of hydrogen-bond acceptors (Lipinski definition) is 7. The Balaban J connectivity index is 1.46. The number of aliphatic carboxylic acids is 1. The predicted molar refractivity (Wildman–Crippen MR) is 137 cm³/mol. The molecule has 39 heavy (non-hydrogen) atoms. The van der Waals surface area contributed by atoms with Gasteiger partial charge in [-0.15, -0.1) is 0 Å². The molecule has 4 atom stereocenters. The van der Waals surface area contributed by atoms with Crippen LogP contribution in [-0.2, 0) is 9.53 Å². The molecule has 1 N–H and O–H groups in total. The number of carboxylic acids is 1. The molecule has 2 aliphatic heterocycles. The van der Waals surface area contributed by atoms with Gasteiger partial charge in [-0.1, -0.05) is 6.92 Å². The van der Waals surface area contributed by atoms with Gasteiger partial charge in [-0.3, -0.25) is 9.80 Å². The summed E-state index contributed by atoms with van der Waals surface area (Å²) in [5.74, 6) is -1.64. The van der Waals surface area contributed by atoms with E-state index in [1.165, 1.54) is 13.0 Å². The van der Waals surface area contributed by atoms with Crippen LogP contribution in [0, 0.1) is 11.7 Å². The van der Waals surface area contributed by atoms with Crippen LogP contribution < -0.4 is 19.4 Å². The predicted octanol–water partition coefficient (Wildman–Crippen LogP) is 5.11. The molecule has 1 fully saturated rings. The minimum Gasteiger partial charge on any atom is -0.494 e. The molecule has 4 rings (SSSR count). The minimum atomic E-state index is -4.66. The lowest BCUT2D eigenvalue weighted by Crippen LogP contribution is -2.50. The molecule has 2 heterocycles. The molecule has 8 nitrogen and oxygen atoms in total. The van der Waals surface area contributed by atoms with Crippen molar-refractivity contribution in [2.75, 3.05) is 36.7 Å². The number of rotatable bonds is 9. The molecule has 0 radical (unpaired) electrons. The summed E-state index contributed by atoms with van der Waals surface area (Å²) >= 11 is 0.